The van der Waals surface area contributed by atoms with Gasteiger partial charge in [-0.05, 0) is 17.7 Å². The van der Waals surface area contributed by atoms with Crippen LogP contribution in [0.15, 0.2) is 36.9 Å². The lowest BCUT2D eigenvalue weighted by atomic mass is 10.1. The molecule has 4 heteroatoms. The molecule has 3 nitrogen and oxygen atoms in total. The van der Waals surface area contributed by atoms with E-state index in [0.717, 1.165) is 6.08 Å². The van der Waals surface area contributed by atoms with Crippen LogP contribution in [0.5, 0.6) is 0 Å². The van der Waals surface area contributed by atoms with Crippen LogP contribution in [0.3, 0.4) is 0 Å². The molecule has 0 saturated carbocycles. The summed E-state index contributed by atoms with van der Waals surface area (Å²) in [5.74, 6) is -0.704. The van der Waals surface area contributed by atoms with E-state index in [0.29, 0.717) is 5.56 Å². The van der Waals surface area contributed by atoms with E-state index in [4.69, 9.17) is 0 Å². The van der Waals surface area contributed by atoms with Crippen LogP contribution in [0.1, 0.15) is 5.56 Å². The molecule has 1 aromatic carbocycles. The molecule has 86 valence electrons. The predicted octanol–water partition coefficient (Wildman–Crippen LogP) is 1.03. The zero-order chi connectivity index (χ0) is 12.0. The lowest BCUT2D eigenvalue weighted by Gasteiger charge is -2.11. The van der Waals surface area contributed by atoms with E-state index in [1.165, 1.54) is 6.07 Å². The fourth-order valence-electron chi connectivity index (χ4n) is 1.28. The number of carbonyl (C=O) groups excluding carboxylic acids is 1. The summed E-state index contributed by atoms with van der Waals surface area (Å²) >= 11 is 0. The molecule has 1 rings (SSSR count). The molecular weight excluding hydrogens is 209 g/mol. The van der Waals surface area contributed by atoms with E-state index >= 15 is 0 Å². The van der Waals surface area contributed by atoms with Crippen molar-refractivity contribution in [3.05, 3.63) is 48.3 Å². The van der Waals surface area contributed by atoms with Crippen LogP contribution in [0.2, 0.25) is 0 Å². The summed E-state index contributed by atoms with van der Waals surface area (Å²) in [4.78, 5) is 10.8. The summed E-state index contributed by atoms with van der Waals surface area (Å²) in [5, 5.41) is 12.0. The fourth-order valence-corrected chi connectivity index (χ4v) is 1.28. The third-order valence-electron chi connectivity index (χ3n) is 2.11. The Hall–Kier alpha value is -1.68. The maximum absolute atomic E-state index is 13.2. The van der Waals surface area contributed by atoms with Gasteiger partial charge in [-0.25, -0.2) is 4.39 Å². The molecule has 0 saturated heterocycles. The van der Waals surface area contributed by atoms with Crippen molar-refractivity contribution in [3.63, 3.8) is 0 Å². The number of hydrogen-bond acceptors (Lipinski definition) is 2. The Labute approximate surface area is 93.6 Å². The Morgan fingerprint density at radius 1 is 1.56 bits per heavy atom. The first-order valence-corrected chi connectivity index (χ1v) is 4.95. The van der Waals surface area contributed by atoms with Gasteiger partial charge in [0.05, 0.1) is 6.10 Å². The number of amides is 1. The average Bonchev–Trinajstić information content (AvgIpc) is 2.29. The smallest absolute Gasteiger partial charge is 0.243 e. The molecule has 1 amide bonds. The molecule has 0 spiro atoms. The van der Waals surface area contributed by atoms with Crippen LogP contribution in [0.4, 0.5) is 4.39 Å². The van der Waals surface area contributed by atoms with Crippen LogP contribution in [-0.2, 0) is 11.2 Å². The molecule has 0 bridgehead atoms. The van der Waals surface area contributed by atoms with E-state index in [1.807, 2.05) is 0 Å². The molecule has 0 fully saturated rings. The van der Waals surface area contributed by atoms with Crippen molar-refractivity contribution in [2.45, 2.75) is 12.5 Å². The molecular formula is C12H14FNO2. The largest absolute Gasteiger partial charge is 0.391 e. The SMILES string of the molecule is C=CC(=O)NCC(O)Cc1ccccc1F. The van der Waals surface area contributed by atoms with E-state index < -0.39 is 6.10 Å². The van der Waals surface area contributed by atoms with Crippen LogP contribution >= 0.6 is 0 Å². The minimum Gasteiger partial charge on any atom is -0.391 e. The molecule has 1 atom stereocenters. The van der Waals surface area contributed by atoms with E-state index in [2.05, 4.69) is 11.9 Å². The maximum atomic E-state index is 13.2. The van der Waals surface area contributed by atoms with Gasteiger partial charge >= 0.3 is 0 Å². The first kappa shape index (κ1) is 12.4. The van der Waals surface area contributed by atoms with Crippen LogP contribution in [-0.4, -0.2) is 23.7 Å². The minimum atomic E-state index is -0.805. The van der Waals surface area contributed by atoms with Crippen molar-refractivity contribution in [2.75, 3.05) is 6.54 Å². The van der Waals surface area contributed by atoms with Gasteiger partial charge in [0.15, 0.2) is 0 Å². The number of carbonyl (C=O) groups is 1. The van der Waals surface area contributed by atoms with Crippen molar-refractivity contribution in [1.29, 1.82) is 0 Å². The van der Waals surface area contributed by atoms with Gasteiger partial charge < -0.3 is 10.4 Å². The minimum absolute atomic E-state index is 0.0825. The van der Waals surface area contributed by atoms with Crippen molar-refractivity contribution in [2.24, 2.45) is 0 Å². The van der Waals surface area contributed by atoms with Crippen molar-refractivity contribution >= 4 is 5.91 Å². The Morgan fingerprint density at radius 3 is 2.88 bits per heavy atom. The maximum Gasteiger partial charge on any atom is 0.243 e. The van der Waals surface area contributed by atoms with Gasteiger partial charge in [0.2, 0.25) is 5.91 Å². The van der Waals surface area contributed by atoms with Gasteiger partial charge in [0.25, 0.3) is 0 Å². The molecule has 2 N–H and O–H groups in total. The molecule has 0 heterocycles. The Kier molecular flexibility index (Phi) is 4.66. The second kappa shape index (κ2) is 6.02. The van der Waals surface area contributed by atoms with Gasteiger partial charge in [0.1, 0.15) is 5.82 Å². The zero-order valence-electron chi connectivity index (χ0n) is 8.82. The molecule has 0 aliphatic carbocycles. The van der Waals surface area contributed by atoms with Gasteiger partial charge in [0, 0.05) is 13.0 Å². The number of aliphatic hydroxyl groups is 1. The van der Waals surface area contributed by atoms with Crippen LogP contribution < -0.4 is 5.32 Å². The highest BCUT2D eigenvalue weighted by Gasteiger charge is 2.09. The Morgan fingerprint density at radius 2 is 2.25 bits per heavy atom. The monoisotopic (exact) mass is 223 g/mol. The summed E-state index contributed by atoms with van der Waals surface area (Å²) in [6.07, 6.45) is 0.487. The standard InChI is InChI=1S/C12H14FNO2/c1-2-12(16)14-8-10(15)7-9-5-3-4-6-11(9)13/h2-6,10,15H,1,7-8H2,(H,14,16). The predicted molar refractivity (Wildman–Crippen MR) is 59.3 cm³/mol. The third-order valence-corrected chi connectivity index (χ3v) is 2.11. The van der Waals surface area contributed by atoms with E-state index in [-0.39, 0.29) is 24.7 Å². The fraction of sp³-hybridized carbons (Fsp3) is 0.250. The lowest BCUT2D eigenvalue weighted by molar-refractivity contribution is -0.116. The first-order chi connectivity index (χ1) is 7.63. The molecule has 0 radical (unpaired) electrons. The molecule has 0 aliphatic heterocycles. The van der Waals surface area contributed by atoms with Crippen LogP contribution in [0.25, 0.3) is 0 Å². The van der Waals surface area contributed by atoms with Gasteiger partial charge in [-0.2, -0.15) is 0 Å². The summed E-state index contributed by atoms with van der Waals surface area (Å²) in [7, 11) is 0. The third kappa shape index (κ3) is 3.82. The molecule has 0 aliphatic rings. The molecule has 16 heavy (non-hydrogen) atoms. The number of aliphatic hydroxyl groups excluding tert-OH is 1. The van der Waals surface area contributed by atoms with Crippen molar-refractivity contribution in [3.8, 4) is 0 Å². The summed E-state index contributed by atoms with van der Waals surface area (Å²) in [6, 6.07) is 6.23. The van der Waals surface area contributed by atoms with Gasteiger partial charge in [-0.15, -0.1) is 0 Å². The van der Waals surface area contributed by atoms with Crippen molar-refractivity contribution in [1.82, 2.24) is 5.32 Å². The highest BCUT2D eigenvalue weighted by Crippen LogP contribution is 2.08. The number of halogens is 1. The molecule has 1 aromatic rings. The van der Waals surface area contributed by atoms with Crippen LogP contribution in [0, 0.1) is 5.82 Å². The first-order valence-electron chi connectivity index (χ1n) is 4.95. The van der Waals surface area contributed by atoms with Crippen molar-refractivity contribution < 1.29 is 14.3 Å². The number of hydrogen-bond donors (Lipinski definition) is 2. The number of nitrogens with one attached hydrogen (secondary N) is 1. The summed E-state index contributed by atoms with van der Waals surface area (Å²) in [6.45, 7) is 3.37. The lowest BCUT2D eigenvalue weighted by Crippen LogP contribution is -2.32. The van der Waals surface area contributed by atoms with E-state index in [1.54, 1.807) is 18.2 Å². The summed E-state index contributed by atoms with van der Waals surface area (Å²) in [5.41, 5.74) is 0.433. The second-order valence-electron chi connectivity index (χ2n) is 3.40. The normalized spacial score (nSPS) is 11.9. The topological polar surface area (TPSA) is 49.3 Å². The number of benzene rings is 1. The Bertz CT molecular complexity index is 379. The molecule has 1 unspecified atom stereocenters. The second-order valence-corrected chi connectivity index (χ2v) is 3.40. The molecule has 0 aromatic heterocycles. The van der Waals surface area contributed by atoms with E-state index in [9.17, 15) is 14.3 Å². The highest BCUT2D eigenvalue weighted by atomic mass is 19.1. The quantitative estimate of drug-likeness (QED) is 0.732. The zero-order valence-corrected chi connectivity index (χ0v) is 8.82. The summed E-state index contributed by atoms with van der Waals surface area (Å²) < 4.78 is 13.2. The number of rotatable bonds is 5. The van der Waals surface area contributed by atoms with Gasteiger partial charge in [-0.3, -0.25) is 4.79 Å². The Balaban J connectivity index is 2.45. The average molecular weight is 223 g/mol. The van der Waals surface area contributed by atoms with Gasteiger partial charge in [-0.1, -0.05) is 24.8 Å². The highest BCUT2D eigenvalue weighted by molar-refractivity contribution is 5.86.